The number of nitrogens with zero attached hydrogens (tertiary/aromatic N) is 3. The first kappa shape index (κ1) is 22.9. The number of benzene rings is 1. The Kier molecular flexibility index (Phi) is 6.63. The molecule has 1 fully saturated rings. The van der Waals surface area contributed by atoms with Gasteiger partial charge in [-0.15, -0.1) is 0 Å². The van der Waals surface area contributed by atoms with Crippen LogP contribution < -0.4 is 16.8 Å². The molecule has 1 unspecified atom stereocenters. The number of hydrogen-bond acceptors (Lipinski definition) is 8. The molecule has 4 rings (SSSR count). The maximum Gasteiger partial charge on any atom is 0.171 e. The highest BCUT2D eigenvalue weighted by Gasteiger charge is 2.30. The SMILES string of the molecule is Cn1ncc(NC(O)c2nc(-c3cccc(Cl)c3F)sc2N)c1[C@@H]1CC[C@@H](N)[C@H](F)CO1. The third-order valence-corrected chi connectivity index (χ3v) is 6.61. The molecule has 172 valence electrons. The second kappa shape index (κ2) is 9.28. The smallest absolute Gasteiger partial charge is 0.171 e. The third-order valence-electron chi connectivity index (χ3n) is 5.39. The Bertz CT molecular complexity index is 1100. The fraction of sp³-hybridized carbons (Fsp3) is 0.400. The highest BCUT2D eigenvalue weighted by molar-refractivity contribution is 7.18. The molecule has 0 amide bonds. The molecule has 32 heavy (non-hydrogen) atoms. The average molecular weight is 485 g/mol. The zero-order valence-corrected chi connectivity index (χ0v) is 18.7. The van der Waals surface area contributed by atoms with Gasteiger partial charge in [-0.1, -0.05) is 29.0 Å². The fourth-order valence-corrected chi connectivity index (χ4v) is 4.69. The lowest BCUT2D eigenvalue weighted by Crippen LogP contribution is -2.32. The summed E-state index contributed by atoms with van der Waals surface area (Å²) in [7, 11) is 1.73. The monoisotopic (exact) mass is 484 g/mol. The van der Waals surface area contributed by atoms with Gasteiger partial charge in [-0.05, 0) is 25.0 Å². The Morgan fingerprint density at radius 2 is 2.19 bits per heavy atom. The lowest BCUT2D eigenvalue weighted by atomic mass is 10.0. The number of nitrogens with one attached hydrogen (secondary N) is 1. The topological polar surface area (TPSA) is 124 Å². The van der Waals surface area contributed by atoms with Crippen molar-refractivity contribution in [2.75, 3.05) is 17.7 Å². The number of rotatable bonds is 5. The van der Waals surface area contributed by atoms with Gasteiger partial charge in [-0.2, -0.15) is 5.10 Å². The van der Waals surface area contributed by atoms with Gasteiger partial charge in [0.25, 0.3) is 0 Å². The van der Waals surface area contributed by atoms with E-state index in [0.717, 1.165) is 11.3 Å². The van der Waals surface area contributed by atoms with Gasteiger partial charge in [0.2, 0.25) is 0 Å². The van der Waals surface area contributed by atoms with Crippen LogP contribution in [0.3, 0.4) is 0 Å². The molecule has 3 aromatic rings. The summed E-state index contributed by atoms with van der Waals surface area (Å²) in [5.74, 6) is -0.610. The van der Waals surface area contributed by atoms with E-state index in [9.17, 15) is 13.9 Å². The molecule has 0 radical (unpaired) electrons. The van der Waals surface area contributed by atoms with E-state index in [1.54, 1.807) is 17.8 Å². The van der Waals surface area contributed by atoms with E-state index in [4.69, 9.17) is 27.8 Å². The highest BCUT2D eigenvalue weighted by atomic mass is 35.5. The van der Waals surface area contributed by atoms with Crippen LogP contribution in [0.25, 0.3) is 10.6 Å². The molecule has 1 aromatic carbocycles. The van der Waals surface area contributed by atoms with E-state index in [1.807, 2.05) is 0 Å². The highest BCUT2D eigenvalue weighted by Crippen LogP contribution is 2.38. The van der Waals surface area contributed by atoms with Crippen molar-refractivity contribution in [3.8, 4) is 10.6 Å². The maximum atomic E-state index is 14.4. The number of nitrogens with two attached hydrogens (primary N) is 2. The Balaban J connectivity index is 1.57. The van der Waals surface area contributed by atoms with Crippen LogP contribution >= 0.6 is 22.9 Å². The van der Waals surface area contributed by atoms with Crippen LogP contribution in [0.5, 0.6) is 0 Å². The number of aliphatic hydroxyl groups is 1. The average Bonchev–Trinajstić information content (AvgIpc) is 3.27. The molecule has 1 aliphatic heterocycles. The molecule has 1 saturated heterocycles. The minimum atomic E-state index is -1.30. The molecule has 0 aliphatic carbocycles. The van der Waals surface area contributed by atoms with Crippen molar-refractivity contribution in [1.29, 1.82) is 0 Å². The van der Waals surface area contributed by atoms with Gasteiger partial charge in [0.15, 0.2) is 12.0 Å². The Morgan fingerprint density at radius 3 is 2.97 bits per heavy atom. The summed E-state index contributed by atoms with van der Waals surface area (Å²) in [6.07, 6.45) is -0.509. The van der Waals surface area contributed by atoms with Crippen LogP contribution in [-0.4, -0.2) is 38.7 Å². The summed E-state index contributed by atoms with van der Waals surface area (Å²) in [5.41, 5.74) is 13.3. The predicted octanol–water partition coefficient (Wildman–Crippen LogP) is 3.54. The van der Waals surface area contributed by atoms with E-state index in [-0.39, 0.29) is 27.9 Å². The van der Waals surface area contributed by atoms with Crippen molar-refractivity contribution in [3.63, 3.8) is 0 Å². The van der Waals surface area contributed by atoms with Crippen LogP contribution in [0.15, 0.2) is 24.4 Å². The normalized spacial score (nSPS) is 22.5. The number of aliphatic hydroxyl groups excluding tert-OH is 1. The van der Waals surface area contributed by atoms with E-state index in [1.165, 1.54) is 18.3 Å². The first-order valence-corrected chi connectivity index (χ1v) is 11.1. The van der Waals surface area contributed by atoms with Crippen molar-refractivity contribution in [3.05, 3.63) is 46.6 Å². The minimum absolute atomic E-state index is 0.0323. The quantitative estimate of drug-likeness (QED) is 0.408. The lowest BCUT2D eigenvalue weighted by Gasteiger charge is -2.19. The molecule has 0 saturated carbocycles. The standard InChI is InChI=1S/C20H23ClF2N6O2S/c1-29-17(14-6-5-12(24)11(22)8-31-14)13(7-26-29)27-19(30)16-18(25)32-20(28-16)9-3-2-4-10(21)15(9)23/h2-4,7,11-12,14,19,27,30H,5-6,8,24-25H2,1H3/t11-,12-,14+,19?/m1/s1. The second-order valence-electron chi connectivity index (χ2n) is 7.56. The first-order valence-electron chi connectivity index (χ1n) is 9.94. The second-order valence-corrected chi connectivity index (χ2v) is 9.00. The van der Waals surface area contributed by atoms with Gasteiger partial charge in [0.1, 0.15) is 28.0 Å². The Labute approximate surface area is 192 Å². The van der Waals surface area contributed by atoms with E-state index in [2.05, 4.69) is 15.4 Å². The number of hydrogen-bond donors (Lipinski definition) is 4. The molecule has 0 spiro atoms. The van der Waals surface area contributed by atoms with Gasteiger partial charge in [-0.3, -0.25) is 4.68 Å². The van der Waals surface area contributed by atoms with Gasteiger partial charge >= 0.3 is 0 Å². The number of halogens is 3. The fourth-order valence-electron chi connectivity index (χ4n) is 3.63. The van der Waals surface area contributed by atoms with Crippen LogP contribution in [0.1, 0.15) is 36.6 Å². The zero-order valence-electron chi connectivity index (χ0n) is 17.1. The minimum Gasteiger partial charge on any atom is -0.389 e. The summed E-state index contributed by atoms with van der Waals surface area (Å²) in [6.45, 7) is -0.118. The molecule has 12 heteroatoms. The van der Waals surface area contributed by atoms with Gasteiger partial charge in [-0.25, -0.2) is 13.8 Å². The largest absolute Gasteiger partial charge is 0.389 e. The van der Waals surface area contributed by atoms with Crippen LogP contribution in [0.2, 0.25) is 5.02 Å². The molecular weight excluding hydrogens is 462 g/mol. The maximum absolute atomic E-state index is 14.4. The number of alkyl halides is 1. The molecule has 8 nitrogen and oxygen atoms in total. The van der Waals surface area contributed by atoms with Crippen LogP contribution in [0, 0.1) is 5.82 Å². The van der Waals surface area contributed by atoms with Crippen LogP contribution in [0.4, 0.5) is 19.5 Å². The van der Waals surface area contributed by atoms with Gasteiger partial charge < -0.3 is 26.6 Å². The van der Waals surface area contributed by atoms with E-state index >= 15 is 0 Å². The summed E-state index contributed by atoms with van der Waals surface area (Å²) < 4.78 is 35.6. The number of nitrogen functional groups attached to an aromatic ring is 1. The van der Waals surface area contributed by atoms with Crippen molar-refractivity contribution < 1.29 is 18.6 Å². The van der Waals surface area contributed by atoms with Crippen molar-refractivity contribution in [1.82, 2.24) is 14.8 Å². The summed E-state index contributed by atoms with van der Waals surface area (Å²) in [6, 6.07) is 3.99. The molecule has 2 aromatic heterocycles. The third kappa shape index (κ3) is 4.44. The zero-order chi connectivity index (χ0) is 23.0. The summed E-state index contributed by atoms with van der Waals surface area (Å²) in [5, 5.41) is 18.4. The van der Waals surface area contributed by atoms with Crippen molar-refractivity contribution in [2.24, 2.45) is 12.8 Å². The van der Waals surface area contributed by atoms with Crippen molar-refractivity contribution >= 4 is 33.6 Å². The number of aromatic nitrogens is 3. The van der Waals surface area contributed by atoms with Crippen LogP contribution in [-0.2, 0) is 11.8 Å². The first-order chi connectivity index (χ1) is 15.3. The Morgan fingerprint density at radius 1 is 1.41 bits per heavy atom. The Hall–Kier alpha value is -2.31. The van der Waals surface area contributed by atoms with Crippen molar-refractivity contribution in [2.45, 2.75) is 37.4 Å². The number of aryl methyl sites for hydroxylation is 1. The predicted molar refractivity (Wildman–Crippen MR) is 120 cm³/mol. The number of anilines is 2. The van der Waals surface area contributed by atoms with E-state index in [0.29, 0.717) is 29.2 Å². The molecule has 6 N–H and O–H groups in total. The summed E-state index contributed by atoms with van der Waals surface area (Å²) in [4.78, 5) is 4.32. The molecular formula is C20H23ClF2N6O2S. The molecule has 4 atom stereocenters. The molecule has 1 aliphatic rings. The number of ether oxygens (including phenoxy) is 1. The summed E-state index contributed by atoms with van der Waals surface area (Å²) >= 11 is 6.90. The van der Waals surface area contributed by atoms with E-state index < -0.39 is 30.4 Å². The lowest BCUT2D eigenvalue weighted by molar-refractivity contribution is 0.0246. The molecule has 0 bridgehead atoms. The van der Waals surface area contributed by atoms with Gasteiger partial charge in [0.05, 0.1) is 29.2 Å². The molecule has 3 heterocycles. The van der Waals surface area contributed by atoms with Gasteiger partial charge in [0, 0.05) is 18.7 Å². The number of thiazole rings is 1.